The number of carbonyl (C=O) groups is 2. The van der Waals surface area contributed by atoms with Gasteiger partial charge < -0.3 is 9.80 Å². The Hall–Kier alpha value is -2.62. The van der Waals surface area contributed by atoms with Crippen LogP contribution < -0.4 is 4.90 Å². The Bertz CT molecular complexity index is 758. The molecule has 1 atom stereocenters. The molecule has 4 nitrogen and oxygen atoms in total. The van der Waals surface area contributed by atoms with E-state index in [1.807, 2.05) is 73.3 Å². The van der Waals surface area contributed by atoms with Crippen molar-refractivity contribution in [3.05, 3.63) is 65.7 Å². The quantitative estimate of drug-likeness (QED) is 0.840. The molecule has 1 aliphatic heterocycles. The maximum absolute atomic E-state index is 12.9. The van der Waals surface area contributed by atoms with Crippen LogP contribution in [0.3, 0.4) is 0 Å². The number of benzene rings is 2. The van der Waals surface area contributed by atoms with Gasteiger partial charge in [-0.05, 0) is 31.0 Å². The molecule has 130 valence electrons. The van der Waals surface area contributed by atoms with Crippen molar-refractivity contribution >= 4 is 17.5 Å². The van der Waals surface area contributed by atoms with Gasteiger partial charge in [-0.15, -0.1) is 0 Å². The number of amides is 2. The largest absolute Gasteiger partial charge is 0.338 e. The van der Waals surface area contributed by atoms with Crippen LogP contribution in [0.1, 0.15) is 24.5 Å². The van der Waals surface area contributed by atoms with Crippen LogP contribution in [0.4, 0.5) is 5.69 Å². The molecule has 2 aromatic carbocycles. The summed E-state index contributed by atoms with van der Waals surface area (Å²) in [5, 5.41) is 0. The van der Waals surface area contributed by atoms with Gasteiger partial charge in [0.05, 0.1) is 5.92 Å². The van der Waals surface area contributed by atoms with E-state index < -0.39 is 0 Å². The van der Waals surface area contributed by atoms with Crippen molar-refractivity contribution in [3.8, 4) is 0 Å². The number of carbonyl (C=O) groups excluding carboxylic acids is 2. The van der Waals surface area contributed by atoms with Crippen LogP contribution in [0.2, 0.25) is 0 Å². The standard InChI is InChI=1S/C21H24N2O2/c1-3-22(14-17-10-5-4-6-11-17)21(25)18-13-20(24)23(15-18)19-12-8-7-9-16(19)2/h4-12,18H,3,13-15H2,1-2H3. The molecular formula is C21H24N2O2. The average molecular weight is 336 g/mol. The maximum Gasteiger partial charge on any atom is 0.228 e. The minimum atomic E-state index is -0.268. The van der Waals surface area contributed by atoms with Crippen LogP contribution in [0.15, 0.2) is 54.6 Å². The predicted octanol–water partition coefficient (Wildman–Crippen LogP) is 3.40. The lowest BCUT2D eigenvalue weighted by Gasteiger charge is -2.24. The van der Waals surface area contributed by atoms with E-state index in [0.29, 0.717) is 26.1 Å². The Kier molecular flexibility index (Phi) is 5.17. The third-order valence-electron chi connectivity index (χ3n) is 4.79. The number of aryl methyl sites for hydroxylation is 1. The Balaban J connectivity index is 1.72. The second-order valence-electron chi connectivity index (χ2n) is 6.53. The van der Waals surface area contributed by atoms with E-state index >= 15 is 0 Å². The van der Waals surface area contributed by atoms with Crippen LogP contribution in [-0.2, 0) is 16.1 Å². The molecule has 0 N–H and O–H groups in total. The zero-order valence-corrected chi connectivity index (χ0v) is 14.8. The lowest BCUT2D eigenvalue weighted by atomic mass is 10.1. The van der Waals surface area contributed by atoms with Crippen LogP contribution in [0.5, 0.6) is 0 Å². The number of nitrogens with zero attached hydrogens (tertiary/aromatic N) is 2. The highest BCUT2D eigenvalue weighted by Gasteiger charge is 2.37. The molecule has 0 saturated carbocycles. The molecule has 25 heavy (non-hydrogen) atoms. The highest BCUT2D eigenvalue weighted by molar-refractivity contribution is 6.00. The first kappa shape index (κ1) is 17.2. The highest BCUT2D eigenvalue weighted by atomic mass is 16.2. The second kappa shape index (κ2) is 7.51. The summed E-state index contributed by atoms with van der Waals surface area (Å²) in [6, 6.07) is 17.8. The van der Waals surface area contributed by atoms with Gasteiger partial charge in [0, 0.05) is 31.7 Å². The Morgan fingerprint density at radius 2 is 1.80 bits per heavy atom. The minimum absolute atomic E-state index is 0.0309. The fourth-order valence-electron chi connectivity index (χ4n) is 3.38. The normalized spacial score (nSPS) is 17.0. The van der Waals surface area contributed by atoms with E-state index in [-0.39, 0.29) is 17.7 Å². The maximum atomic E-state index is 12.9. The van der Waals surface area contributed by atoms with Crippen molar-refractivity contribution in [2.75, 3.05) is 18.0 Å². The molecule has 2 aromatic rings. The van der Waals surface area contributed by atoms with Gasteiger partial charge in [0.2, 0.25) is 11.8 Å². The zero-order chi connectivity index (χ0) is 17.8. The topological polar surface area (TPSA) is 40.6 Å². The van der Waals surface area contributed by atoms with Crippen LogP contribution >= 0.6 is 0 Å². The van der Waals surface area contributed by atoms with Crippen LogP contribution in [0, 0.1) is 12.8 Å². The lowest BCUT2D eigenvalue weighted by molar-refractivity contribution is -0.136. The number of anilines is 1. The van der Waals surface area contributed by atoms with E-state index in [1.165, 1.54) is 0 Å². The molecule has 0 spiro atoms. The Labute approximate surface area is 149 Å². The number of hydrogen-bond donors (Lipinski definition) is 0. The molecule has 3 rings (SSSR count). The third-order valence-corrected chi connectivity index (χ3v) is 4.79. The summed E-state index contributed by atoms with van der Waals surface area (Å²) in [5.74, 6) is -0.171. The molecule has 0 bridgehead atoms. The third kappa shape index (κ3) is 3.73. The lowest BCUT2D eigenvalue weighted by Crippen LogP contribution is -2.37. The summed E-state index contributed by atoms with van der Waals surface area (Å²) in [6.07, 6.45) is 0.290. The van der Waals surface area contributed by atoms with E-state index in [4.69, 9.17) is 0 Å². The van der Waals surface area contributed by atoms with Crippen LogP contribution in [-0.4, -0.2) is 29.8 Å². The van der Waals surface area contributed by atoms with Gasteiger partial charge in [0.15, 0.2) is 0 Å². The molecule has 1 unspecified atom stereocenters. The Morgan fingerprint density at radius 3 is 2.48 bits per heavy atom. The molecule has 4 heteroatoms. The van der Waals surface area contributed by atoms with Gasteiger partial charge in [-0.2, -0.15) is 0 Å². The van der Waals surface area contributed by atoms with Gasteiger partial charge in [-0.25, -0.2) is 0 Å². The first-order valence-corrected chi connectivity index (χ1v) is 8.79. The second-order valence-corrected chi connectivity index (χ2v) is 6.53. The van der Waals surface area contributed by atoms with Crippen molar-refractivity contribution in [2.45, 2.75) is 26.8 Å². The number of rotatable bonds is 5. The van der Waals surface area contributed by atoms with Crippen molar-refractivity contribution in [1.29, 1.82) is 0 Å². The summed E-state index contributed by atoms with van der Waals surface area (Å²) in [4.78, 5) is 29.0. The van der Waals surface area contributed by atoms with Gasteiger partial charge >= 0.3 is 0 Å². The summed E-state index contributed by atoms with van der Waals surface area (Å²) < 4.78 is 0. The minimum Gasteiger partial charge on any atom is -0.338 e. The fraction of sp³-hybridized carbons (Fsp3) is 0.333. The number of para-hydroxylation sites is 1. The van der Waals surface area contributed by atoms with Gasteiger partial charge in [-0.3, -0.25) is 9.59 Å². The van der Waals surface area contributed by atoms with Gasteiger partial charge in [0.25, 0.3) is 0 Å². The monoisotopic (exact) mass is 336 g/mol. The first-order chi connectivity index (χ1) is 12.1. The summed E-state index contributed by atoms with van der Waals surface area (Å²) in [5.41, 5.74) is 3.08. The predicted molar refractivity (Wildman–Crippen MR) is 99.2 cm³/mol. The molecule has 0 aliphatic carbocycles. The summed E-state index contributed by atoms with van der Waals surface area (Å²) in [6.45, 7) is 5.67. The highest BCUT2D eigenvalue weighted by Crippen LogP contribution is 2.28. The summed E-state index contributed by atoms with van der Waals surface area (Å²) >= 11 is 0. The molecule has 1 fully saturated rings. The molecule has 1 heterocycles. The van der Waals surface area contributed by atoms with Crippen LogP contribution in [0.25, 0.3) is 0 Å². The molecule has 1 aliphatic rings. The van der Waals surface area contributed by atoms with Gasteiger partial charge in [-0.1, -0.05) is 48.5 Å². The van der Waals surface area contributed by atoms with Crippen molar-refractivity contribution in [3.63, 3.8) is 0 Å². The average Bonchev–Trinajstić information content (AvgIpc) is 3.02. The number of hydrogen-bond acceptors (Lipinski definition) is 2. The summed E-state index contributed by atoms with van der Waals surface area (Å²) in [7, 11) is 0. The van der Waals surface area contributed by atoms with Crippen molar-refractivity contribution in [2.24, 2.45) is 5.92 Å². The Morgan fingerprint density at radius 1 is 1.12 bits per heavy atom. The zero-order valence-electron chi connectivity index (χ0n) is 14.8. The van der Waals surface area contributed by atoms with E-state index in [9.17, 15) is 9.59 Å². The molecule has 2 amide bonds. The van der Waals surface area contributed by atoms with Gasteiger partial charge in [0.1, 0.15) is 0 Å². The molecule has 0 radical (unpaired) electrons. The van der Waals surface area contributed by atoms with E-state index in [0.717, 1.165) is 16.8 Å². The van der Waals surface area contributed by atoms with Crippen molar-refractivity contribution < 1.29 is 9.59 Å². The molecular weight excluding hydrogens is 312 g/mol. The first-order valence-electron chi connectivity index (χ1n) is 8.79. The fourth-order valence-corrected chi connectivity index (χ4v) is 3.38. The SMILES string of the molecule is CCN(Cc1ccccc1)C(=O)C1CC(=O)N(c2ccccc2C)C1. The van der Waals surface area contributed by atoms with E-state index in [1.54, 1.807) is 4.90 Å². The van der Waals surface area contributed by atoms with E-state index in [2.05, 4.69) is 0 Å². The molecule has 0 aromatic heterocycles. The van der Waals surface area contributed by atoms with Crippen molar-refractivity contribution in [1.82, 2.24) is 4.90 Å². The smallest absolute Gasteiger partial charge is 0.228 e. The molecule has 1 saturated heterocycles.